The lowest BCUT2D eigenvalue weighted by Gasteiger charge is -2.13. The van der Waals surface area contributed by atoms with E-state index in [1.807, 2.05) is 6.92 Å². The van der Waals surface area contributed by atoms with E-state index in [1.54, 1.807) is 6.92 Å². The van der Waals surface area contributed by atoms with Gasteiger partial charge in [-0.2, -0.15) is 0 Å². The van der Waals surface area contributed by atoms with Crippen molar-refractivity contribution >= 4 is 23.6 Å². The summed E-state index contributed by atoms with van der Waals surface area (Å²) in [5.74, 6) is 0.479. The SMILES string of the molecule is Cc1ccc(CSCC(=O)O[C@@H](C)C(=O)NC2CC2)cc1. The van der Waals surface area contributed by atoms with Gasteiger partial charge in [0.1, 0.15) is 0 Å². The smallest absolute Gasteiger partial charge is 0.316 e. The van der Waals surface area contributed by atoms with Gasteiger partial charge >= 0.3 is 5.97 Å². The lowest BCUT2D eigenvalue weighted by Crippen LogP contribution is -2.37. The van der Waals surface area contributed by atoms with Gasteiger partial charge in [0.15, 0.2) is 6.10 Å². The van der Waals surface area contributed by atoms with Gasteiger partial charge in [0, 0.05) is 11.8 Å². The van der Waals surface area contributed by atoms with Crippen molar-refractivity contribution in [2.75, 3.05) is 5.75 Å². The average molecular weight is 307 g/mol. The summed E-state index contributed by atoms with van der Waals surface area (Å²) in [6, 6.07) is 8.50. The minimum Gasteiger partial charge on any atom is -0.452 e. The predicted molar refractivity (Wildman–Crippen MR) is 84.1 cm³/mol. The molecule has 0 radical (unpaired) electrons. The second-order valence-electron chi connectivity index (χ2n) is 5.39. The number of hydrogen-bond donors (Lipinski definition) is 1. The van der Waals surface area contributed by atoms with Crippen LogP contribution in [0.1, 0.15) is 30.9 Å². The van der Waals surface area contributed by atoms with E-state index in [-0.39, 0.29) is 23.7 Å². The highest BCUT2D eigenvalue weighted by Crippen LogP contribution is 2.19. The van der Waals surface area contributed by atoms with Crippen LogP contribution in [0.5, 0.6) is 0 Å². The minimum absolute atomic E-state index is 0.200. The van der Waals surface area contributed by atoms with Gasteiger partial charge in [0.25, 0.3) is 5.91 Å². The third-order valence-electron chi connectivity index (χ3n) is 3.21. The van der Waals surface area contributed by atoms with Crippen molar-refractivity contribution < 1.29 is 14.3 Å². The fraction of sp³-hybridized carbons (Fsp3) is 0.500. The number of carbonyl (C=O) groups excluding carboxylic acids is 2. The molecule has 2 rings (SSSR count). The molecular weight excluding hydrogens is 286 g/mol. The normalized spacial score (nSPS) is 15.3. The van der Waals surface area contributed by atoms with Gasteiger partial charge in [-0.15, -0.1) is 11.8 Å². The first kappa shape index (κ1) is 15.9. The van der Waals surface area contributed by atoms with Crippen LogP contribution in [0.25, 0.3) is 0 Å². The lowest BCUT2D eigenvalue weighted by atomic mass is 10.2. The number of esters is 1. The first-order valence-electron chi connectivity index (χ1n) is 7.18. The van der Waals surface area contributed by atoms with Gasteiger partial charge in [0.05, 0.1) is 5.75 Å². The minimum atomic E-state index is -0.710. The molecule has 0 unspecified atom stereocenters. The van der Waals surface area contributed by atoms with Crippen LogP contribution >= 0.6 is 11.8 Å². The standard InChI is InChI=1S/C16H21NO3S/c1-11-3-5-13(6-4-11)9-21-10-15(18)20-12(2)16(19)17-14-7-8-14/h3-6,12,14H,7-10H2,1-2H3,(H,17,19)/t12-/m0/s1. The summed E-state index contributed by atoms with van der Waals surface area (Å²) in [7, 11) is 0. The van der Waals surface area contributed by atoms with E-state index in [1.165, 1.54) is 22.9 Å². The Kier molecular flexibility index (Phi) is 5.67. The molecule has 1 saturated carbocycles. The Hall–Kier alpha value is -1.49. The van der Waals surface area contributed by atoms with E-state index in [0.29, 0.717) is 0 Å². The first-order chi connectivity index (χ1) is 10.0. The van der Waals surface area contributed by atoms with E-state index in [2.05, 4.69) is 29.6 Å². The second-order valence-corrected chi connectivity index (χ2v) is 6.38. The molecule has 1 aromatic rings. The highest BCUT2D eigenvalue weighted by atomic mass is 32.2. The van der Waals surface area contributed by atoms with Crippen molar-refractivity contribution in [3.63, 3.8) is 0 Å². The molecule has 1 aliphatic rings. The van der Waals surface area contributed by atoms with Crippen molar-refractivity contribution in [3.8, 4) is 0 Å². The summed E-state index contributed by atoms with van der Waals surface area (Å²) >= 11 is 1.49. The molecule has 0 spiro atoms. The zero-order valence-corrected chi connectivity index (χ0v) is 13.2. The van der Waals surface area contributed by atoms with E-state index < -0.39 is 6.10 Å². The Labute approximate surface area is 129 Å². The summed E-state index contributed by atoms with van der Waals surface area (Å²) in [6.07, 6.45) is 1.34. The summed E-state index contributed by atoms with van der Waals surface area (Å²) < 4.78 is 5.13. The summed E-state index contributed by atoms with van der Waals surface area (Å²) in [4.78, 5) is 23.3. The third-order valence-corrected chi connectivity index (χ3v) is 4.19. The van der Waals surface area contributed by atoms with Gasteiger partial charge in [-0.1, -0.05) is 29.8 Å². The predicted octanol–water partition coefficient (Wildman–Crippen LogP) is 2.44. The fourth-order valence-electron chi connectivity index (χ4n) is 1.77. The van der Waals surface area contributed by atoms with E-state index >= 15 is 0 Å². The van der Waals surface area contributed by atoms with Crippen LogP contribution in [0.4, 0.5) is 0 Å². The number of hydrogen-bond acceptors (Lipinski definition) is 4. The van der Waals surface area contributed by atoms with Crippen molar-refractivity contribution in [2.24, 2.45) is 0 Å². The topological polar surface area (TPSA) is 55.4 Å². The monoisotopic (exact) mass is 307 g/mol. The largest absolute Gasteiger partial charge is 0.452 e. The van der Waals surface area contributed by atoms with Gasteiger partial charge in [0.2, 0.25) is 0 Å². The Balaban J connectivity index is 1.64. The molecule has 1 aliphatic carbocycles. The summed E-state index contributed by atoms with van der Waals surface area (Å²) in [5, 5.41) is 2.82. The number of amides is 1. The first-order valence-corrected chi connectivity index (χ1v) is 8.33. The second kappa shape index (κ2) is 7.50. The molecule has 114 valence electrons. The Morgan fingerprint density at radius 1 is 1.33 bits per heavy atom. The van der Waals surface area contributed by atoms with Crippen molar-refractivity contribution in [3.05, 3.63) is 35.4 Å². The molecule has 0 aromatic heterocycles. The third kappa shape index (κ3) is 5.79. The fourth-order valence-corrected chi connectivity index (χ4v) is 2.53. The molecule has 1 atom stereocenters. The van der Waals surface area contributed by atoms with Crippen LogP contribution < -0.4 is 5.32 Å². The maximum absolute atomic E-state index is 11.7. The zero-order valence-electron chi connectivity index (χ0n) is 12.4. The lowest BCUT2D eigenvalue weighted by molar-refractivity contribution is -0.152. The van der Waals surface area contributed by atoms with Crippen LogP contribution in [0.3, 0.4) is 0 Å². The summed E-state index contributed by atoms with van der Waals surface area (Å²) in [6.45, 7) is 3.66. The number of rotatable bonds is 7. The molecule has 0 bridgehead atoms. The van der Waals surface area contributed by atoms with E-state index in [4.69, 9.17) is 4.74 Å². The van der Waals surface area contributed by atoms with Gasteiger partial charge in [-0.3, -0.25) is 9.59 Å². The van der Waals surface area contributed by atoms with Gasteiger partial charge < -0.3 is 10.1 Å². The van der Waals surface area contributed by atoms with Crippen LogP contribution in [0.15, 0.2) is 24.3 Å². The van der Waals surface area contributed by atoms with Crippen molar-refractivity contribution in [1.82, 2.24) is 5.32 Å². The molecule has 4 nitrogen and oxygen atoms in total. The van der Waals surface area contributed by atoms with Crippen LogP contribution in [0.2, 0.25) is 0 Å². The molecule has 5 heteroatoms. The average Bonchev–Trinajstić information content (AvgIpc) is 3.25. The number of nitrogens with one attached hydrogen (secondary N) is 1. The van der Waals surface area contributed by atoms with E-state index in [0.717, 1.165) is 18.6 Å². The van der Waals surface area contributed by atoms with Crippen molar-refractivity contribution in [2.45, 2.75) is 44.6 Å². The Morgan fingerprint density at radius 2 is 2.00 bits per heavy atom. The number of ether oxygens (including phenoxy) is 1. The number of carbonyl (C=O) groups is 2. The number of aryl methyl sites for hydroxylation is 1. The Morgan fingerprint density at radius 3 is 2.62 bits per heavy atom. The van der Waals surface area contributed by atoms with Crippen LogP contribution in [0, 0.1) is 6.92 Å². The molecule has 1 aromatic carbocycles. The highest BCUT2D eigenvalue weighted by Gasteiger charge is 2.27. The Bertz CT molecular complexity index is 497. The molecule has 1 fully saturated rings. The zero-order chi connectivity index (χ0) is 15.2. The molecule has 0 saturated heterocycles. The van der Waals surface area contributed by atoms with Crippen LogP contribution in [-0.4, -0.2) is 29.8 Å². The molecule has 0 aliphatic heterocycles. The summed E-state index contributed by atoms with van der Waals surface area (Å²) in [5.41, 5.74) is 2.40. The quantitative estimate of drug-likeness (QED) is 0.786. The number of thioether (sulfide) groups is 1. The molecule has 1 amide bonds. The molecular formula is C16H21NO3S. The van der Waals surface area contributed by atoms with Crippen molar-refractivity contribution in [1.29, 1.82) is 0 Å². The number of benzene rings is 1. The van der Waals surface area contributed by atoms with E-state index in [9.17, 15) is 9.59 Å². The molecule has 21 heavy (non-hydrogen) atoms. The van der Waals surface area contributed by atoms with Gasteiger partial charge in [-0.05, 0) is 32.3 Å². The van der Waals surface area contributed by atoms with Gasteiger partial charge in [-0.25, -0.2) is 0 Å². The molecule has 1 N–H and O–H groups in total. The maximum atomic E-state index is 11.7. The van der Waals surface area contributed by atoms with Crippen LogP contribution in [-0.2, 0) is 20.1 Å². The highest BCUT2D eigenvalue weighted by molar-refractivity contribution is 7.99. The molecule has 0 heterocycles. The maximum Gasteiger partial charge on any atom is 0.316 e.